The number of hydrogen-bond donors (Lipinski definition) is 2. The molecule has 0 spiro atoms. The van der Waals surface area contributed by atoms with Crippen LogP contribution in [0.25, 0.3) is 11.3 Å². The van der Waals surface area contributed by atoms with Gasteiger partial charge in [0.2, 0.25) is 15.9 Å². The molecular formula is C20H21N3O4S. The number of carbonyl (C=O) groups excluding carboxylic acids is 1. The number of anilines is 2. The number of rotatable bonds is 8. The summed E-state index contributed by atoms with van der Waals surface area (Å²) in [5, 5.41) is 2.73. The largest absolute Gasteiger partial charge is 0.441 e. The van der Waals surface area contributed by atoms with Gasteiger partial charge in [0.25, 0.3) is 0 Å². The van der Waals surface area contributed by atoms with Crippen LogP contribution in [-0.2, 0) is 21.2 Å². The molecule has 8 heteroatoms. The Bertz CT molecular complexity index is 1050. The molecule has 0 radical (unpaired) electrons. The first-order valence-corrected chi connectivity index (χ1v) is 10.7. The van der Waals surface area contributed by atoms with Gasteiger partial charge in [0.15, 0.2) is 11.7 Å². The van der Waals surface area contributed by atoms with Gasteiger partial charge in [-0.2, -0.15) is 0 Å². The zero-order valence-corrected chi connectivity index (χ0v) is 16.2. The molecule has 3 aromatic rings. The molecular weight excluding hydrogens is 378 g/mol. The van der Waals surface area contributed by atoms with Crippen LogP contribution in [0.5, 0.6) is 0 Å². The molecule has 7 nitrogen and oxygen atoms in total. The number of nitrogens with zero attached hydrogens (tertiary/aromatic N) is 1. The van der Waals surface area contributed by atoms with E-state index in [0.717, 1.165) is 11.8 Å². The Balaban J connectivity index is 1.53. The van der Waals surface area contributed by atoms with Crippen LogP contribution in [-0.4, -0.2) is 25.6 Å². The minimum Gasteiger partial charge on any atom is -0.441 e. The molecule has 3 rings (SSSR count). The Labute approximate surface area is 163 Å². The van der Waals surface area contributed by atoms with Crippen molar-refractivity contribution in [3.63, 3.8) is 0 Å². The van der Waals surface area contributed by atoms with Gasteiger partial charge in [-0.15, -0.1) is 0 Å². The SMILES string of the molecule is CS(=O)(=O)Nc1ccccc1NC(=O)CCCc1ncc(-c2ccccc2)o1. The molecule has 0 saturated heterocycles. The first kappa shape index (κ1) is 19.6. The third-order valence-electron chi connectivity index (χ3n) is 3.90. The topological polar surface area (TPSA) is 101 Å². The fourth-order valence-corrected chi connectivity index (χ4v) is 3.23. The minimum atomic E-state index is -3.43. The second kappa shape index (κ2) is 8.71. The average molecular weight is 399 g/mol. The number of aryl methyl sites for hydroxylation is 1. The van der Waals surface area contributed by atoms with Crippen molar-refractivity contribution in [3.05, 3.63) is 66.7 Å². The van der Waals surface area contributed by atoms with Crippen LogP contribution in [0, 0.1) is 0 Å². The van der Waals surface area contributed by atoms with Gasteiger partial charge < -0.3 is 9.73 Å². The van der Waals surface area contributed by atoms with Crippen molar-refractivity contribution in [1.82, 2.24) is 4.98 Å². The van der Waals surface area contributed by atoms with E-state index in [4.69, 9.17) is 4.42 Å². The van der Waals surface area contributed by atoms with Gasteiger partial charge in [0.05, 0.1) is 23.8 Å². The Morgan fingerprint density at radius 1 is 1.04 bits per heavy atom. The highest BCUT2D eigenvalue weighted by Crippen LogP contribution is 2.23. The van der Waals surface area contributed by atoms with E-state index in [1.807, 2.05) is 30.3 Å². The first-order valence-electron chi connectivity index (χ1n) is 8.77. The van der Waals surface area contributed by atoms with Crippen molar-refractivity contribution in [2.45, 2.75) is 19.3 Å². The lowest BCUT2D eigenvalue weighted by atomic mass is 10.2. The molecule has 1 heterocycles. The highest BCUT2D eigenvalue weighted by Gasteiger charge is 2.11. The van der Waals surface area contributed by atoms with Crippen molar-refractivity contribution in [1.29, 1.82) is 0 Å². The summed E-state index contributed by atoms with van der Waals surface area (Å²) in [4.78, 5) is 16.5. The maximum atomic E-state index is 12.2. The van der Waals surface area contributed by atoms with Crippen molar-refractivity contribution in [2.24, 2.45) is 0 Å². The van der Waals surface area contributed by atoms with Gasteiger partial charge in [-0.05, 0) is 18.6 Å². The van der Waals surface area contributed by atoms with Gasteiger partial charge in [0, 0.05) is 18.4 Å². The molecule has 28 heavy (non-hydrogen) atoms. The van der Waals surface area contributed by atoms with E-state index in [-0.39, 0.29) is 12.3 Å². The molecule has 0 aliphatic carbocycles. The number of hydrogen-bond acceptors (Lipinski definition) is 5. The summed E-state index contributed by atoms with van der Waals surface area (Å²) in [6.45, 7) is 0. The Kier molecular flexibility index (Phi) is 6.10. The van der Waals surface area contributed by atoms with E-state index in [1.54, 1.807) is 30.5 Å². The molecule has 0 saturated carbocycles. The standard InChI is InChI=1S/C20H21N3O4S/c1-28(25,26)23-17-11-6-5-10-16(17)22-19(24)12-7-13-20-21-14-18(27-20)15-8-3-2-4-9-15/h2-6,8-11,14,23H,7,12-13H2,1H3,(H,22,24). The minimum absolute atomic E-state index is 0.211. The predicted octanol–water partition coefficient (Wildman–Crippen LogP) is 3.67. The van der Waals surface area contributed by atoms with E-state index in [0.29, 0.717) is 35.9 Å². The van der Waals surface area contributed by atoms with Crippen LogP contribution in [0.1, 0.15) is 18.7 Å². The number of aromatic nitrogens is 1. The number of amides is 1. The van der Waals surface area contributed by atoms with E-state index in [1.165, 1.54) is 0 Å². The van der Waals surface area contributed by atoms with Gasteiger partial charge in [-0.25, -0.2) is 13.4 Å². The van der Waals surface area contributed by atoms with Gasteiger partial charge in [0.1, 0.15) is 0 Å². The van der Waals surface area contributed by atoms with Crippen molar-refractivity contribution >= 4 is 27.3 Å². The molecule has 0 aliphatic heterocycles. The maximum absolute atomic E-state index is 12.2. The monoisotopic (exact) mass is 399 g/mol. The molecule has 1 aromatic heterocycles. The molecule has 1 amide bonds. The summed E-state index contributed by atoms with van der Waals surface area (Å²) in [6, 6.07) is 16.3. The van der Waals surface area contributed by atoms with Crippen LogP contribution in [0.4, 0.5) is 11.4 Å². The third kappa shape index (κ3) is 5.68. The second-order valence-corrected chi connectivity index (χ2v) is 8.05. The predicted molar refractivity (Wildman–Crippen MR) is 108 cm³/mol. The van der Waals surface area contributed by atoms with Crippen LogP contribution < -0.4 is 10.0 Å². The quantitative estimate of drug-likeness (QED) is 0.602. The Hall–Kier alpha value is -3.13. The molecule has 2 N–H and O–H groups in total. The number of carbonyl (C=O) groups is 1. The van der Waals surface area contributed by atoms with Gasteiger partial charge in [-0.1, -0.05) is 42.5 Å². The highest BCUT2D eigenvalue weighted by molar-refractivity contribution is 7.92. The Morgan fingerprint density at radius 2 is 1.71 bits per heavy atom. The number of nitrogens with one attached hydrogen (secondary N) is 2. The van der Waals surface area contributed by atoms with Crippen molar-refractivity contribution in [2.75, 3.05) is 16.3 Å². The smallest absolute Gasteiger partial charge is 0.229 e. The van der Waals surface area contributed by atoms with Crippen molar-refractivity contribution in [3.8, 4) is 11.3 Å². The normalized spacial score (nSPS) is 11.2. The number of sulfonamides is 1. The van der Waals surface area contributed by atoms with E-state index in [2.05, 4.69) is 15.0 Å². The summed E-state index contributed by atoms with van der Waals surface area (Å²) >= 11 is 0. The zero-order valence-electron chi connectivity index (χ0n) is 15.4. The van der Waals surface area contributed by atoms with E-state index < -0.39 is 10.0 Å². The first-order chi connectivity index (χ1) is 13.4. The van der Waals surface area contributed by atoms with Gasteiger partial charge in [-0.3, -0.25) is 9.52 Å². The molecule has 0 bridgehead atoms. The lowest BCUT2D eigenvalue weighted by Gasteiger charge is -2.11. The fourth-order valence-electron chi connectivity index (χ4n) is 2.66. The summed E-state index contributed by atoms with van der Waals surface area (Å²) < 4.78 is 31.0. The highest BCUT2D eigenvalue weighted by atomic mass is 32.2. The van der Waals surface area contributed by atoms with Crippen LogP contribution >= 0.6 is 0 Å². The van der Waals surface area contributed by atoms with Crippen LogP contribution in [0.3, 0.4) is 0 Å². The molecule has 0 aliphatic rings. The van der Waals surface area contributed by atoms with Gasteiger partial charge >= 0.3 is 0 Å². The van der Waals surface area contributed by atoms with Crippen molar-refractivity contribution < 1.29 is 17.6 Å². The Morgan fingerprint density at radius 3 is 2.43 bits per heavy atom. The number of oxazole rings is 1. The second-order valence-electron chi connectivity index (χ2n) is 6.31. The molecule has 2 aromatic carbocycles. The third-order valence-corrected chi connectivity index (χ3v) is 4.49. The maximum Gasteiger partial charge on any atom is 0.229 e. The summed E-state index contributed by atoms with van der Waals surface area (Å²) in [6.07, 6.45) is 4.09. The lowest BCUT2D eigenvalue weighted by molar-refractivity contribution is -0.116. The molecule has 0 atom stereocenters. The molecule has 0 unspecified atom stereocenters. The van der Waals surface area contributed by atoms with Crippen LogP contribution in [0.15, 0.2) is 65.2 Å². The molecule has 0 fully saturated rings. The number of benzene rings is 2. The van der Waals surface area contributed by atoms with E-state index in [9.17, 15) is 13.2 Å². The fraction of sp³-hybridized carbons (Fsp3) is 0.200. The summed E-state index contributed by atoms with van der Waals surface area (Å²) in [5.74, 6) is 1.06. The summed E-state index contributed by atoms with van der Waals surface area (Å²) in [5.41, 5.74) is 1.70. The number of para-hydroxylation sites is 2. The lowest BCUT2D eigenvalue weighted by Crippen LogP contribution is -2.15. The van der Waals surface area contributed by atoms with E-state index >= 15 is 0 Å². The molecule has 146 valence electrons. The average Bonchev–Trinajstić information content (AvgIpc) is 3.12. The van der Waals surface area contributed by atoms with Crippen LogP contribution in [0.2, 0.25) is 0 Å². The summed E-state index contributed by atoms with van der Waals surface area (Å²) in [7, 11) is -3.43. The zero-order chi connectivity index (χ0) is 20.0.